The fraction of sp³-hybridized carbons (Fsp3) is 0.176. The molecule has 9 heteroatoms. The highest BCUT2D eigenvalue weighted by Crippen LogP contribution is 2.31. The van der Waals surface area contributed by atoms with Gasteiger partial charge in [-0.2, -0.15) is 13.2 Å². The summed E-state index contributed by atoms with van der Waals surface area (Å²) < 4.78 is 48.7. The number of carbonyl (C=O) groups is 1. The quantitative estimate of drug-likeness (QED) is 0.682. The average molecular weight is 382 g/mol. The van der Waals surface area contributed by atoms with Crippen LogP contribution < -0.4 is 10.1 Å². The zero-order chi connectivity index (χ0) is 18.7. The van der Waals surface area contributed by atoms with E-state index in [0.717, 1.165) is 17.8 Å². The van der Waals surface area contributed by atoms with Crippen LogP contribution in [0.3, 0.4) is 0 Å². The van der Waals surface area contributed by atoms with E-state index >= 15 is 0 Å². The van der Waals surface area contributed by atoms with E-state index in [0.29, 0.717) is 10.9 Å². The smallest absolute Gasteiger partial charge is 0.416 e. The second-order valence-electron chi connectivity index (χ2n) is 5.33. The third kappa shape index (κ3) is 4.42. The van der Waals surface area contributed by atoms with E-state index in [1.165, 1.54) is 35.6 Å². The molecule has 0 saturated carbocycles. The fourth-order valence-electron chi connectivity index (χ4n) is 2.06. The van der Waals surface area contributed by atoms with Crippen LogP contribution in [0.4, 0.5) is 18.3 Å². The van der Waals surface area contributed by atoms with Crippen LogP contribution in [0.1, 0.15) is 27.6 Å². The Labute approximate surface area is 150 Å². The lowest BCUT2D eigenvalue weighted by molar-refractivity contribution is -0.137. The molecule has 2 aromatic heterocycles. The minimum Gasteiger partial charge on any atom is -0.486 e. The molecular formula is C17H13F3N2O3S. The van der Waals surface area contributed by atoms with Crippen LogP contribution in [0.2, 0.25) is 0 Å². The van der Waals surface area contributed by atoms with Crippen molar-refractivity contribution in [1.29, 1.82) is 0 Å². The number of furan rings is 1. The number of nitrogens with zero attached hydrogens (tertiary/aromatic N) is 1. The number of rotatable bonds is 5. The summed E-state index contributed by atoms with van der Waals surface area (Å²) in [5, 5.41) is 4.85. The molecule has 1 N–H and O–H groups in total. The highest BCUT2D eigenvalue weighted by atomic mass is 32.1. The van der Waals surface area contributed by atoms with Crippen LogP contribution in [0.25, 0.3) is 0 Å². The Bertz CT molecular complexity index is 918. The molecule has 5 nitrogen and oxygen atoms in total. The van der Waals surface area contributed by atoms with Crippen molar-refractivity contribution < 1.29 is 27.1 Å². The minimum atomic E-state index is -4.44. The zero-order valence-electron chi connectivity index (χ0n) is 13.5. The molecule has 2 heterocycles. The van der Waals surface area contributed by atoms with Gasteiger partial charge in [-0.25, -0.2) is 4.98 Å². The fourth-order valence-corrected chi connectivity index (χ4v) is 2.75. The first kappa shape index (κ1) is 18.0. The van der Waals surface area contributed by atoms with Gasteiger partial charge in [-0.15, -0.1) is 11.3 Å². The van der Waals surface area contributed by atoms with E-state index in [-0.39, 0.29) is 18.1 Å². The number of benzene rings is 1. The Morgan fingerprint density at radius 2 is 2.12 bits per heavy atom. The number of halogens is 3. The van der Waals surface area contributed by atoms with Crippen molar-refractivity contribution in [3.8, 4) is 5.75 Å². The predicted molar refractivity (Wildman–Crippen MR) is 89.3 cm³/mol. The Kier molecular flexibility index (Phi) is 4.99. The van der Waals surface area contributed by atoms with Gasteiger partial charge in [-0.3, -0.25) is 10.1 Å². The summed E-state index contributed by atoms with van der Waals surface area (Å²) in [6.45, 7) is 1.70. The Balaban J connectivity index is 1.61. The van der Waals surface area contributed by atoms with Crippen molar-refractivity contribution in [3.63, 3.8) is 0 Å². The SMILES string of the molecule is Cc1csc(NC(=O)c2ccc(COc3cccc(C(F)(F)F)c3)o2)n1. The first-order valence-corrected chi connectivity index (χ1v) is 8.31. The first-order chi connectivity index (χ1) is 12.3. The molecular weight excluding hydrogens is 369 g/mol. The normalized spacial score (nSPS) is 11.4. The standard InChI is InChI=1S/C17H13F3N2O3S/c1-10-9-26-16(21-10)22-15(23)14-6-5-13(25-14)8-24-12-4-2-3-11(7-12)17(18,19)20/h2-7,9H,8H2,1H3,(H,21,22,23). The Morgan fingerprint density at radius 3 is 2.81 bits per heavy atom. The molecule has 0 aliphatic rings. The predicted octanol–water partition coefficient (Wildman–Crippen LogP) is 4.89. The topological polar surface area (TPSA) is 64.4 Å². The van der Waals surface area contributed by atoms with E-state index in [2.05, 4.69) is 10.3 Å². The van der Waals surface area contributed by atoms with Gasteiger partial charge in [0, 0.05) is 5.38 Å². The van der Waals surface area contributed by atoms with E-state index in [4.69, 9.17) is 9.15 Å². The van der Waals surface area contributed by atoms with Gasteiger partial charge in [0.25, 0.3) is 5.91 Å². The molecule has 0 saturated heterocycles. The second-order valence-corrected chi connectivity index (χ2v) is 6.19. The summed E-state index contributed by atoms with van der Waals surface area (Å²) in [5.74, 6) is -0.0477. The number of hydrogen-bond donors (Lipinski definition) is 1. The summed E-state index contributed by atoms with van der Waals surface area (Å²) >= 11 is 1.29. The highest BCUT2D eigenvalue weighted by molar-refractivity contribution is 7.13. The molecule has 0 bridgehead atoms. The van der Waals surface area contributed by atoms with Gasteiger partial charge >= 0.3 is 6.18 Å². The van der Waals surface area contributed by atoms with Gasteiger partial charge in [0.05, 0.1) is 11.3 Å². The molecule has 0 fully saturated rings. The van der Waals surface area contributed by atoms with Gasteiger partial charge < -0.3 is 9.15 Å². The minimum absolute atomic E-state index is 0.0560. The molecule has 136 valence electrons. The molecule has 0 radical (unpaired) electrons. The third-order valence-corrected chi connectivity index (χ3v) is 4.14. The average Bonchev–Trinajstić information content (AvgIpc) is 3.21. The maximum atomic E-state index is 12.7. The number of thiazole rings is 1. The highest BCUT2D eigenvalue weighted by Gasteiger charge is 2.30. The summed E-state index contributed by atoms with van der Waals surface area (Å²) in [4.78, 5) is 16.2. The van der Waals surface area contributed by atoms with Gasteiger partial charge in [0.2, 0.25) is 0 Å². The number of aryl methyl sites for hydroxylation is 1. The second kappa shape index (κ2) is 7.20. The number of carbonyl (C=O) groups excluding carboxylic acids is 1. The van der Waals surface area contributed by atoms with Crippen molar-refractivity contribution in [2.45, 2.75) is 19.7 Å². The Morgan fingerprint density at radius 1 is 1.31 bits per heavy atom. The van der Waals surface area contributed by atoms with E-state index < -0.39 is 17.6 Å². The monoisotopic (exact) mass is 382 g/mol. The first-order valence-electron chi connectivity index (χ1n) is 7.43. The van der Waals surface area contributed by atoms with E-state index in [9.17, 15) is 18.0 Å². The molecule has 0 aliphatic heterocycles. The third-order valence-electron chi connectivity index (χ3n) is 3.27. The summed E-state index contributed by atoms with van der Waals surface area (Å²) in [6.07, 6.45) is -4.44. The van der Waals surface area contributed by atoms with Crippen molar-refractivity contribution in [2.75, 3.05) is 5.32 Å². The maximum Gasteiger partial charge on any atom is 0.416 e. The van der Waals surface area contributed by atoms with Crippen molar-refractivity contribution in [3.05, 3.63) is 64.6 Å². The summed E-state index contributed by atoms with van der Waals surface area (Å²) in [7, 11) is 0. The molecule has 1 amide bonds. The molecule has 0 atom stereocenters. The molecule has 3 rings (SSSR count). The van der Waals surface area contributed by atoms with Gasteiger partial charge in [-0.1, -0.05) is 6.07 Å². The van der Waals surface area contributed by atoms with E-state index in [1.807, 2.05) is 6.92 Å². The van der Waals surface area contributed by atoms with Gasteiger partial charge in [0.1, 0.15) is 18.1 Å². The summed E-state index contributed by atoms with van der Waals surface area (Å²) in [5.41, 5.74) is -0.00632. The number of hydrogen-bond acceptors (Lipinski definition) is 5. The van der Waals surface area contributed by atoms with Crippen LogP contribution >= 0.6 is 11.3 Å². The van der Waals surface area contributed by atoms with Crippen LogP contribution in [0.15, 0.2) is 46.2 Å². The van der Waals surface area contributed by atoms with Gasteiger partial charge in [0.15, 0.2) is 10.9 Å². The lowest BCUT2D eigenvalue weighted by Crippen LogP contribution is -2.10. The number of amides is 1. The van der Waals surface area contributed by atoms with Crippen molar-refractivity contribution in [1.82, 2.24) is 4.98 Å². The zero-order valence-corrected chi connectivity index (χ0v) is 14.3. The van der Waals surface area contributed by atoms with Crippen LogP contribution in [-0.2, 0) is 12.8 Å². The lowest BCUT2D eigenvalue weighted by Gasteiger charge is -2.09. The maximum absolute atomic E-state index is 12.7. The van der Waals surface area contributed by atoms with Crippen molar-refractivity contribution >= 4 is 22.4 Å². The molecule has 3 aromatic rings. The van der Waals surface area contributed by atoms with E-state index in [1.54, 1.807) is 5.38 Å². The van der Waals surface area contributed by atoms with Crippen LogP contribution in [0, 0.1) is 6.92 Å². The number of anilines is 1. The van der Waals surface area contributed by atoms with Crippen LogP contribution in [0.5, 0.6) is 5.75 Å². The number of alkyl halides is 3. The lowest BCUT2D eigenvalue weighted by atomic mass is 10.2. The number of aromatic nitrogens is 1. The van der Waals surface area contributed by atoms with Crippen LogP contribution in [-0.4, -0.2) is 10.9 Å². The molecule has 0 spiro atoms. The largest absolute Gasteiger partial charge is 0.486 e. The molecule has 0 unspecified atom stereocenters. The molecule has 0 aliphatic carbocycles. The molecule has 1 aromatic carbocycles. The number of nitrogens with one attached hydrogen (secondary N) is 1. The Hall–Kier alpha value is -2.81. The van der Waals surface area contributed by atoms with Gasteiger partial charge in [-0.05, 0) is 37.3 Å². The number of ether oxygens (including phenoxy) is 1. The molecule has 26 heavy (non-hydrogen) atoms. The van der Waals surface area contributed by atoms with Crippen molar-refractivity contribution in [2.24, 2.45) is 0 Å². The summed E-state index contributed by atoms with van der Waals surface area (Å²) in [6, 6.07) is 7.52.